The molecule has 18 heavy (non-hydrogen) atoms. The molecular weight excluding hydrogens is 239 g/mol. The minimum absolute atomic E-state index is 0.00759. The van der Waals surface area contributed by atoms with Gasteiger partial charge in [0.05, 0.1) is 0 Å². The highest BCUT2D eigenvalue weighted by molar-refractivity contribution is 7.24. The fraction of sp³-hybridized carbons (Fsp3) is 0.250. The second-order valence-corrected chi connectivity index (χ2v) is 5.59. The molecule has 2 rings (SSSR count). The van der Waals surface area contributed by atoms with Gasteiger partial charge in [0.25, 0.3) is 0 Å². The Labute approximate surface area is 110 Å². The van der Waals surface area contributed by atoms with Crippen LogP contribution < -0.4 is 0 Å². The largest absolute Gasteiger partial charge is 0.337 e. The Kier molecular flexibility index (Phi) is 3.93. The summed E-state index contributed by atoms with van der Waals surface area (Å²) in [5.74, 6) is 0. The normalized spacial score (nSPS) is 12.6. The molecule has 92 valence electrons. The molecule has 1 nitrogen and oxygen atoms in total. The molecule has 0 saturated heterocycles. The van der Waals surface area contributed by atoms with Gasteiger partial charge in [0.15, 0.2) is 0 Å². The summed E-state index contributed by atoms with van der Waals surface area (Å²) >= 11 is 0. The predicted molar refractivity (Wildman–Crippen MR) is 77.9 cm³/mol. The van der Waals surface area contributed by atoms with Crippen molar-refractivity contribution in [3.8, 4) is 0 Å². The van der Waals surface area contributed by atoms with Crippen molar-refractivity contribution >= 4 is 8.46 Å². The van der Waals surface area contributed by atoms with Gasteiger partial charge < -0.3 is 0 Å². The predicted octanol–water partition coefficient (Wildman–Crippen LogP) is 4.73. The van der Waals surface area contributed by atoms with Gasteiger partial charge in [-0.3, -0.25) is 0 Å². The summed E-state index contributed by atoms with van der Waals surface area (Å²) in [7, 11) is -0.357. The Hall–Kier alpha value is -1.46. The summed E-state index contributed by atoms with van der Waals surface area (Å²) in [5, 5.41) is 0. The Balaban J connectivity index is 2.56. The van der Waals surface area contributed by atoms with Crippen molar-refractivity contribution < 1.29 is 4.57 Å². The van der Waals surface area contributed by atoms with Crippen LogP contribution in [-0.2, 0) is 4.57 Å². The van der Waals surface area contributed by atoms with Gasteiger partial charge in [-0.25, -0.2) is 0 Å². The standard InChI is InChI=1S/C16H17OP/c1-11-9-12(2)15(13(3)10-11)16(18-17)14-7-5-4-6-8-14/h4-10,16H,1-3H3/p+1. The zero-order valence-corrected chi connectivity index (χ0v) is 12.0. The van der Waals surface area contributed by atoms with Crippen molar-refractivity contribution in [2.75, 3.05) is 0 Å². The van der Waals surface area contributed by atoms with Crippen molar-refractivity contribution in [1.82, 2.24) is 0 Å². The summed E-state index contributed by atoms with van der Waals surface area (Å²) in [6, 6.07) is 14.4. The first kappa shape index (κ1) is 13.0. The molecule has 2 aromatic carbocycles. The summed E-state index contributed by atoms with van der Waals surface area (Å²) < 4.78 is 11.6. The van der Waals surface area contributed by atoms with Crippen LogP contribution in [0.2, 0.25) is 0 Å². The first-order chi connectivity index (χ1) is 8.63. The number of rotatable bonds is 3. The van der Waals surface area contributed by atoms with E-state index in [4.69, 9.17) is 0 Å². The summed E-state index contributed by atoms with van der Waals surface area (Å²) in [4.78, 5) is 0. The molecule has 2 atom stereocenters. The third-order valence-electron chi connectivity index (χ3n) is 3.28. The van der Waals surface area contributed by atoms with E-state index in [9.17, 15) is 4.57 Å². The van der Waals surface area contributed by atoms with Gasteiger partial charge >= 0.3 is 8.46 Å². The highest BCUT2D eigenvalue weighted by Crippen LogP contribution is 2.38. The first-order valence-electron chi connectivity index (χ1n) is 6.14. The van der Waals surface area contributed by atoms with Crippen molar-refractivity contribution in [2.45, 2.75) is 26.4 Å². The average molecular weight is 257 g/mol. The summed E-state index contributed by atoms with van der Waals surface area (Å²) in [5.41, 5.74) is 6.04. The van der Waals surface area contributed by atoms with Gasteiger partial charge in [-0.05, 0) is 31.9 Å². The molecule has 0 N–H and O–H groups in total. The van der Waals surface area contributed by atoms with Crippen molar-refractivity contribution in [3.05, 3.63) is 70.3 Å². The molecular formula is C16H18OP+. The van der Waals surface area contributed by atoms with E-state index in [1.54, 1.807) is 0 Å². The van der Waals surface area contributed by atoms with Crippen molar-refractivity contribution in [3.63, 3.8) is 0 Å². The van der Waals surface area contributed by atoms with E-state index in [0.29, 0.717) is 0 Å². The quantitative estimate of drug-likeness (QED) is 0.727. The third kappa shape index (κ3) is 2.52. The lowest BCUT2D eigenvalue weighted by Crippen LogP contribution is -2.00. The topological polar surface area (TPSA) is 17.1 Å². The van der Waals surface area contributed by atoms with E-state index in [0.717, 1.165) is 5.56 Å². The van der Waals surface area contributed by atoms with E-state index in [-0.39, 0.29) is 14.1 Å². The van der Waals surface area contributed by atoms with E-state index in [1.807, 2.05) is 30.3 Å². The van der Waals surface area contributed by atoms with Crippen molar-refractivity contribution in [1.29, 1.82) is 0 Å². The minimum Gasteiger partial charge on any atom is -0.0764 e. The van der Waals surface area contributed by atoms with Crippen LogP contribution >= 0.6 is 8.46 Å². The van der Waals surface area contributed by atoms with Crippen LogP contribution in [0.1, 0.15) is 33.5 Å². The maximum Gasteiger partial charge on any atom is 0.337 e. The zero-order valence-electron chi connectivity index (χ0n) is 11.0. The van der Waals surface area contributed by atoms with Crippen LogP contribution in [0.4, 0.5) is 0 Å². The highest BCUT2D eigenvalue weighted by atomic mass is 31.1. The molecule has 2 heteroatoms. The van der Waals surface area contributed by atoms with E-state index in [1.165, 1.54) is 22.3 Å². The van der Waals surface area contributed by atoms with Gasteiger partial charge in [-0.1, -0.05) is 52.6 Å². The Morgan fingerprint density at radius 3 is 2.00 bits per heavy atom. The minimum atomic E-state index is -0.357. The van der Waals surface area contributed by atoms with Gasteiger partial charge in [0.1, 0.15) is 0 Å². The lowest BCUT2D eigenvalue weighted by atomic mass is 9.94. The fourth-order valence-corrected chi connectivity index (χ4v) is 3.49. The summed E-state index contributed by atoms with van der Waals surface area (Å²) in [6.45, 7) is 6.30. The number of hydrogen-bond acceptors (Lipinski definition) is 1. The molecule has 0 fully saturated rings. The number of aryl methyl sites for hydroxylation is 3. The second kappa shape index (κ2) is 5.46. The van der Waals surface area contributed by atoms with Crippen molar-refractivity contribution in [2.24, 2.45) is 0 Å². The van der Waals surface area contributed by atoms with Gasteiger partial charge in [0.2, 0.25) is 5.66 Å². The smallest absolute Gasteiger partial charge is 0.0764 e. The lowest BCUT2D eigenvalue weighted by molar-refractivity contribution is 0.595. The zero-order chi connectivity index (χ0) is 13.1. The second-order valence-electron chi connectivity index (χ2n) is 4.77. The molecule has 0 aliphatic rings. The molecule has 0 amide bonds. The first-order valence-corrected chi connectivity index (χ1v) is 7.12. The van der Waals surface area contributed by atoms with Gasteiger partial charge in [-0.2, -0.15) is 0 Å². The van der Waals surface area contributed by atoms with E-state index >= 15 is 0 Å². The number of benzene rings is 2. The molecule has 0 radical (unpaired) electrons. The molecule has 2 unspecified atom stereocenters. The van der Waals surface area contributed by atoms with Crippen LogP contribution in [0.5, 0.6) is 0 Å². The van der Waals surface area contributed by atoms with Crippen LogP contribution in [0.25, 0.3) is 0 Å². The molecule has 2 aromatic rings. The Morgan fingerprint density at radius 1 is 0.944 bits per heavy atom. The van der Waals surface area contributed by atoms with Crippen LogP contribution in [0.15, 0.2) is 42.5 Å². The molecule has 0 aliphatic heterocycles. The molecule has 0 heterocycles. The number of hydrogen-bond donors (Lipinski definition) is 0. The molecule has 0 saturated carbocycles. The molecule has 0 spiro atoms. The molecule has 0 aromatic heterocycles. The van der Waals surface area contributed by atoms with Gasteiger partial charge in [0, 0.05) is 11.1 Å². The fourth-order valence-electron chi connectivity index (χ4n) is 2.59. The average Bonchev–Trinajstić information content (AvgIpc) is 2.34. The highest BCUT2D eigenvalue weighted by Gasteiger charge is 2.24. The maximum atomic E-state index is 11.6. The van der Waals surface area contributed by atoms with Crippen LogP contribution in [-0.4, -0.2) is 0 Å². The third-order valence-corrected chi connectivity index (χ3v) is 4.14. The Bertz CT molecular complexity index is 538. The maximum absolute atomic E-state index is 11.6. The Morgan fingerprint density at radius 2 is 1.50 bits per heavy atom. The molecule has 0 bridgehead atoms. The lowest BCUT2D eigenvalue weighted by Gasteiger charge is -2.13. The van der Waals surface area contributed by atoms with Gasteiger partial charge in [-0.15, -0.1) is 0 Å². The van der Waals surface area contributed by atoms with Crippen LogP contribution in [0, 0.1) is 20.8 Å². The SMILES string of the molecule is Cc1cc(C)c(C([PH+]=O)c2ccccc2)c(C)c1. The van der Waals surface area contributed by atoms with Crippen LogP contribution in [0.3, 0.4) is 0 Å². The van der Waals surface area contributed by atoms with E-state index < -0.39 is 0 Å². The molecule has 0 aliphatic carbocycles. The van der Waals surface area contributed by atoms with E-state index in [2.05, 4.69) is 32.9 Å². The summed E-state index contributed by atoms with van der Waals surface area (Å²) in [6.07, 6.45) is 0. The monoisotopic (exact) mass is 257 g/mol.